The number of hydrogen-bond donors (Lipinski definition) is 2. The highest BCUT2D eigenvalue weighted by Crippen LogP contribution is 2.21. The van der Waals surface area contributed by atoms with Crippen LogP contribution in [0.15, 0.2) is 0 Å². The van der Waals surface area contributed by atoms with Crippen molar-refractivity contribution in [2.24, 2.45) is 0 Å². The van der Waals surface area contributed by atoms with Gasteiger partial charge >= 0.3 is 0 Å². The fourth-order valence-electron chi connectivity index (χ4n) is 2.14. The largest absolute Gasteiger partial charge is 0.366 e. The van der Waals surface area contributed by atoms with Crippen LogP contribution in [0.25, 0.3) is 0 Å². The van der Waals surface area contributed by atoms with Gasteiger partial charge in [0.1, 0.15) is 0 Å². The molecule has 0 heterocycles. The first kappa shape index (κ1) is 11.7. The van der Waals surface area contributed by atoms with Gasteiger partial charge in [0.2, 0.25) is 0 Å². The van der Waals surface area contributed by atoms with Gasteiger partial charge in [0.25, 0.3) is 0 Å². The molecule has 0 aliphatic heterocycles. The molecular weight excluding hydrogens is 194 g/mol. The Morgan fingerprint density at radius 3 is 2.50 bits per heavy atom. The summed E-state index contributed by atoms with van der Waals surface area (Å²) in [6, 6.07) is 1.13. The fourth-order valence-corrected chi connectivity index (χ4v) is 2.29. The highest BCUT2D eigenvalue weighted by Gasteiger charge is 2.26. The molecule has 82 valence electrons. The Labute approximate surface area is 92.2 Å². The molecule has 1 rings (SSSR count). The summed E-state index contributed by atoms with van der Waals surface area (Å²) in [4.78, 5) is 2.30. The second-order valence-corrected chi connectivity index (χ2v) is 4.55. The second kappa shape index (κ2) is 5.51. The van der Waals surface area contributed by atoms with Crippen LogP contribution in [0.2, 0.25) is 0 Å². The van der Waals surface area contributed by atoms with Crippen LogP contribution in [0.3, 0.4) is 0 Å². The van der Waals surface area contributed by atoms with Crippen molar-refractivity contribution in [3.8, 4) is 0 Å². The summed E-state index contributed by atoms with van der Waals surface area (Å²) in [6.07, 6.45) is 5.16. The molecule has 2 atom stereocenters. The summed E-state index contributed by atoms with van der Waals surface area (Å²) >= 11 is 5.13. The Hall–Kier alpha value is -0.350. The highest BCUT2D eigenvalue weighted by molar-refractivity contribution is 7.80. The summed E-state index contributed by atoms with van der Waals surface area (Å²) < 4.78 is 0. The van der Waals surface area contributed by atoms with E-state index in [2.05, 4.69) is 29.6 Å². The van der Waals surface area contributed by atoms with E-state index in [1.54, 1.807) is 0 Å². The SMILES string of the molecule is CNC(=S)N[C@H]1CCCC[C@@H]1N(C)C. The number of likely N-dealkylation sites (N-methyl/N-ethyl adjacent to an activating group) is 1. The maximum Gasteiger partial charge on any atom is 0.166 e. The van der Waals surface area contributed by atoms with Gasteiger partial charge < -0.3 is 15.5 Å². The van der Waals surface area contributed by atoms with Gasteiger partial charge in [0.05, 0.1) is 0 Å². The fraction of sp³-hybridized carbons (Fsp3) is 0.900. The lowest BCUT2D eigenvalue weighted by Crippen LogP contribution is -2.52. The van der Waals surface area contributed by atoms with Crippen molar-refractivity contribution < 1.29 is 0 Å². The quantitative estimate of drug-likeness (QED) is 0.671. The van der Waals surface area contributed by atoms with Gasteiger partial charge in [-0.05, 0) is 39.2 Å². The van der Waals surface area contributed by atoms with Gasteiger partial charge in [-0.25, -0.2) is 0 Å². The monoisotopic (exact) mass is 215 g/mol. The molecular formula is C10H21N3S. The lowest BCUT2D eigenvalue weighted by Gasteiger charge is -2.37. The molecule has 1 fully saturated rings. The van der Waals surface area contributed by atoms with E-state index in [0.717, 1.165) is 5.11 Å². The van der Waals surface area contributed by atoms with Crippen molar-refractivity contribution >= 4 is 17.3 Å². The van der Waals surface area contributed by atoms with Crippen molar-refractivity contribution in [1.29, 1.82) is 0 Å². The number of rotatable bonds is 2. The zero-order chi connectivity index (χ0) is 10.6. The first-order valence-corrected chi connectivity index (χ1v) is 5.70. The molecule has 0 bridgehead atoms. The molecule has 0 aromatic carbocycles. The van der Waals surface area contributed by atoms with Crippen LogP contribution in [-0.2, 0) is 0 Å². The normalized spacial score (nSPS) is 27.4. The van der Waals surface area contributed by atoms with E-state index in [9.17, 15) is 0 Å². The smallest absolute Gasteiger partial charge is 0.166 e. The topological polar surface area (TPSA) is 27.3 Å². The van der Waals surface area contributed by atoms with E-state index in [0.29, 0.717) is 12.1 Å². The van der Waals surface area contributed by atoms with Crippen molar-refractivity contribution in [3.63, 3.8) is 0 Å². The van der Waals surface area contributed by atoms with Gasteiger partial charge in [-0.3, -0.25) is 0 Å². The molecule has 0 unspecified atom stereocenters. The van der Waals surface area contributed by atoms with Gasteiger partial charge in [-0.15, -0.1) is 0 Å². The minimum atomic E-state index is 0.513. The average molecular weight is 215 g/mol. The van der Waals surface area contributed by atoms with Crippen LogP contribution in [0, 0.1) is 0 Å². The lowest BCUT2D eigenvalue weighted by atomic mass is 9.90. The van der Waals surface area contributed by atoms with Crippen molar-refractivity contribution in [1.82, 2.24) is 15.5 Å². The molecule has 14 heavy (non-hydrogen) atoms. The van der Waals surface area contributed by atoms with E-state index in [4.69, 9.17) is 12.2 Å². The summed E-state index contributed by atoms with van der Waals surface area (Å²) in [5.74, 6) is 0. The molecule has 0 aromatic heterocycles. The summed E-state index contributed by atoms with van der Waals surface area (Å²) in [5, 5.41) is 7.12. The van der Waals surface area contributed by atoms with Gasteiger partial charge in [0.15, 0.2) is 5.11 Å². The molecule has 0 saturated heterocycles. The first-order valence-electron chi connectivity index (χ1n) is 5.30. The number of nitrogens with one attached hydrogen (secondary N) is 2. The van der Waals surface area contributed by atoms with E-state index >= 15 is 0 Å². The zero-order valence-corrected chi connectivity index (χ0v) is 10.2. The summed E-state index contributed by atoms with van der Waals surface area (Å²) in [5.41, 5.74) is 0. The van der Waals surface area contributed by atoms with Gasteiger partial charge in [0, 0.05) is 19.1 Å². The molecule has 0 aromatic rings. The predicted molar refractivity (Wildman–Crippen MR) is 64.5 cm³/mol. The molecule has 1 saturated carbocycles. The van der Waals surface area contributed by atoms with Crippen LogP contribution >= 0.6 is 12.2 Å². The minimum absolute atomic E-state index is 0.513. The zero-order valence-electron chi connectivity index (χ0n) is 9.34. The summed E-state index contributed by atoms with van der Waals surface area (Å²) in [7, 11) is 6.16. The standard InChI is InChI=1S/C10H21N3S/c1-11-10(14)12-8-6-4-5-7-9(8)13(2)3/h8-9H,4-7H2,1-3H3,(H2,11,12,14)/t8-,9-/m0/s1. The molecule has 3 nitrogen and oxygen atoms in total. The Morgan fingerprint density at radius 2 is 1.93 bits per heavy atom. The third kappa shape index (κ3) is 3.10. The predicted octanol–water partition coefficient (Wildman–Crippen LogP) is 0.953. The van der Waals surface area contributed by atoms with E-state index < -0.39 is 0 Å². The molecule has 1 aliphatic carbocycles. The van der Waals surface area contributed by atoms with Gasteiger partial charge in [-0.1, -0.05) is 12.8 Å². The highest BCUT2D eigenvalue weighted by atomic mass is 32.1. The Kier molecular flexibility index (Phi) is 4.62. The Balaban J connectivity index is 2.49. The van der Waals surface area contributed by atoms with Crippen LogP contribution in [0.1, 0.15) is 25.7 Å². The van der Waals surface area contributed by atoms with Crippen molar-refractivity contribution in [2.75, 3.05) is 21.1 Å². The van der Waals surface area contributed by atoms with Crippen LogP contribution in [-0.4, -0.2) is 43.2 Å². The number of thiocarbonyl (C=S) groups is 1. The summed E-state index contributed by atoms with van der Waals surface area (Å²) in [6.45, 7) is 0. The van der Waals surface area contributed by atoms with E-state index in [1.165, 1.54) is 25.7 Å². The lowest BCUT2D eigenvalue weighted by molar-refractivity contribution is 0.190. The Morgan fingerprint density at radius 1 is 1.29 bits per heavy atom. The maximum absolute atomic E-state index is 5.13. The molecule has 1 aliphatic rings. The molecule has 0 radical (unpaired) electrons. The molecule has 2 N–H and O–H groups in total. The van der Waals surface area contributed by atoms with Crippen LogP contribution in [0.5, 0.6) is 0 Å². The van der Waals surface area contributed by atoms with Crippen LogP contribution in [0.4, 0.5) is 0 Å². The second-order valence-electron chi connectivity index (χ2n) is 4.15. The Bertz CT molecular complexity index is 194. The maximum atomic E-state index is 5.13. The van der Waals surface area contributed by atoms with E-state index in [-0.39, 0.29) is 0 Å². The average Bonchev–Trinajstić information content (AvgIpc) is 2.18. The number of hydrogen-bond acceptors (Lipinski definition) is 2. The molecule has 0 spiro atoms. The van der Waals surface area contributed by atoms with Crippen LogP contribution < -0.4 is 10.6 Å². The van der Waals surface area contributed by atoms with E-state index in [1.807, 2.05) is 7.05 Å². The third-order valence-electron chi connectivity index (χ3n) is 2.94. The first-order chi connectivity index (χ1) is 6.65. The van der Waals surface area contributed by atoms with Crippen molar-refractivity contribution in [2.45, 2.75) is 37.8 Å². The molecule has 0 amide bonds. The number of nitrogens with zero attached hydrogens (tertiary/aromatic N) is 1. The third-order valence-corrected chi connectivity index (χ3v) is 3.26. The molecule has 4 heteroatoms. The van der Waals surface area contributed by atoms with Crippen molar-refractivity contribution in [3.05, 3.63) is 0 Å². The van der Waals surface area contributed by atoms with Gasteiger partial charge in [-0.2, -0.15) is 0 Å². The minimum Gasteiger partial charge on any atom is -0.366 e.